The van der Waals surface area contributed by atoms with Gasteiger partial charge in [0.05, 0.1) is 8.41 Å². The molecule has 0 amide bonds. The molecule has 0 spiro atoms. The van der Waals surface area contributed by atoms with Crippen LogP contribution >= 0.6 is 0 Å². The zero-order valence-electron chi connectivity index (χ0n) is 1.80. The van der Waals surface area contributed by atoms with Crippen LogP contribution in [-0.2, 0) is 0 Å². The van der Waals surface area contributed by atoms with E-state index in [1.165, 1.54) is 0 Å². The van der Waals surface area contributed by atoms with Gasteiger partial charge < -0.3 is 10.2 Å². The van der Waals surface area contributed by atoms with E-state index < -0.39 is 6.16 Å². The molecule has 2 N–H and O–H groups in total. The Bertz CT molecular complexity index is 33.8. The Morgan fingerprint density at radius 2 is 1.33 bits per heavy atom. The monoisotopic (exact) mass is 118 g/mol. The fourth-order valence-electron chi connectivity index (χ4n) is 0. The second kappa shape index (κ2) is 9.14. The minimum absolute atomic E-state index is 0. The molecule has 0 bridgehead atoms. The molecular formula is CH7BCaO3. The summed E-state index contributed by atoms with van der Waals surface area (Å²) >= 11 is 0. The minimum atomic E-state index is -1.83. The van der Waals surface area contributed by atoms with Gasteiger partial charge in [0, 0.05) is 0 Å². The standard InChI is InChI=1S/CH2O3.BH3.Ca.2H/c2-1(3)4;;;;/h(H2,2,3,4);1H3;;;. The summed E-state index contributed by atoms with van der Waals surface area (Å²) in [7, 11) is 0. The molecule has 0 aromatic carbocycles. The quantitative estimate of drug-likeness (QED) is 0.366. The molecule has 0 atom stereocenters. The average molecular weight is 118 g/mol. The van der Waals surface area contributed by atoms with Gasteiger partial charge >= 0.3 is 43.9 Å². The molecule has 0 aliphatic heterocycles. The van der Waals surface area contributed by atoms with Crippen molar-refractivity contribution in [3.63, 3.8) is 0 Å². The third-order valence-corrected chi connectivity index (χ3v) is 0. The molecule has 34 valence electrons. The molecule has 0 unspecified atom stereocenters. The fourth-order valence-corrected chi connectivity index (χ4v) is 0. The molecule has 0 aromatic heterocycles. The topological polar surface area (TPSA) is 57.5 Å². The molecule has 3 nitrogen and oxygen atoms in total. The summed E-state index contributed by atoms with van der Waals surface area (Å²) in [6.07, 6.45) is -1.83. The Kier molecular flexibility index (Phi) is 24.3. The summed E-state index contributed by atoms with van der Waals surface area (Å²) in [5.74, 6) is 0. The molecule has 0 radical (unpaired) electrons. The van der Waals surface area contributed by atoms with E-state index in [-0.39, 0.29) is 46.2 Å². The molecule has 0 saturated carbocycles. The third-order valence-electron chi connectivity index (χ3n) is 0. The first-order valence-corrected chi connectivity index (χ1v) is 0.651. The summed E-state index contributed by atoms with van der Waals surface area (Å²) in [5, 5.41) is 13.9. The van der Waals surface area contributed by atoms with Crippen LogP contribution in [0, 0.1) is 0 Å². The predicted octanol–water partition coefficient (Wildman–Crippen LogP) is -1.88. The van der Waals surface area contributed by atoms with Crippen molar-refractivity contribution in [3.05, 3.63) is 0 Å². The van der Waals surface area contributed by atoms with Crippen molar-refractivity contribution in [2.24, 2.45) is 0 Å². The molecule has 0 aliphatic rings. The summed E-state index contributed by atoms with van der Waals surface area (Å²) < 4.78 is 0. The summed E-state index contributed by atoms with van der Waals surface area (Å²) in [6.45, 7) is 0. The maximum atomic E-state index is 8.56. The van der Waals surface area contributed by atoms with Gasteiger partial charge in [-0.3, -0.25) is 0 Å². The van der Waals surface area contributed by atoms with Gasteiger partial charge in [-0.15, -0.1) is 0 Å². The number of carbonyl (C=O) groups is 1. The molecule has 0 saturated heterocycles. The van der Waals surface area contributed by atoms with Crippen molar-refractivity contribution in [2.45, 2.75) is 0 Å². The molecular weight excluding hydrogens is 111 g/mol. The molecule has 5 heteroatoms. The molecule has 0 aromatic rings. The Morgan fingerprint density at radius 1 is 1.33 bits per heavy atom. The van der Waals surface area contributed by atoms with Gasteiger partial charge in [-0.25, -0.2) is 4.79 Å². The summed E-state index contributed by atoms with van der Waals surface area (Å²) in [6, 6.07) is 0. The Morgan fingerprint density at radius 3 is 1.33 bits per heavy atom. The van der Waals surface area contributed by atoms with Crippen molar-refractivity contribution in [3.8, 4) is 0 Å². The second-order valence-electron chi connectivity index (χ2n) is 0.283. The maximum absolute atomic E-state index is 8.56. The van der Waals surface area contributed by atoms with E-state index in [2.05, 4.69) is 0 Å². The predicted molar refractivity (Wildman–Crippen MR) is 29.1 cm³/mol. The van der Waals surface area contributed by atoms with Gasteiger partial charge in [-0.05, 0) is 0 Å². The van der Waals surface area contributed by atoms with Crippen LogP contribution in [0.25, 0.3) is 0 Å². The molecule has 6 heavy (non-hydrogen) atoms. The van der Waals surface area contributed by atoms with Crippen LogP contribution < -0.4 is 0 Å². The van der Waals surface area contributed by atoms with E-state index in [1.807, 2.05) is 0 Å². The number of hydrogen-bond acceptors (Lipinski definition) is 1. The molecule has 0 rings (SSSR count). The van der Waals surface area contributed by atoms with E-state index in [9.17, 15) is 0 Å². The third kappa shape index (κ3) is 168. The first-order chi connectivity index (χ1) is 1.73. The van der Waals surface area contributed by atoms with Crippen LogP contribution in [0.3, 0.4) is 0 Å². The van der Waals surface area contributed by atoms with Crippen molar-refractivity contribution < 1.29 is 15.0 Å². The normalized spacial score (nSPS) is 4.00. The molecule has 0 heterocycles. The van der Waals surface area contributed by atoms with Crippen molar-refractivity contribution in [1.82, 2.24) is 0 Å². The van der Waals surface area contributed by atoms with Crippen LogP contribution in [0.1, 0.15) is 0 Å². The van der Waals surface area contributed by atoms with Gasteiger partial charge in [0.15, 0.2) is 0 Å². The Balaban J connectivity index is -0.0000000450. The van der Waals surface area contributed by atoms with Crippen molar-refractivity contribution in [2.75, 3.05) is 0 Å². The Hall–Kier alpha value is 0.595. The first-order valence-electron chi connectivity index (χ1n) is 0.651. The SMILES string of the molecule is B.O=C(O)O.[CaH2]. The van der Waals surface area contributed by atoms with Crippen LogP contribution in [0.15, 0.2) is 0 Å². The molecule has 0 fully saturated rings. The van der Waals surface area contributed by atoms with E-state index in [0.717, 1.165) is 0 Å². The van der Waals surface area contributed by atoms with E-state index in [0.29, 0.717) is 0 Å². The Labute approximate surface area is 66.9 Å². The van der Waals surface area contributed by atoms with Crippen LogP contribution in [0.5, 0.6) is 0 Å². The zero-order valence-corrected chi connectivity index (χ0v) is 1.80. The second-order valence-corrected chi connectivity index (χ2v) is 0.283. The van der Waals surface area contributed by atoms with Crippen LogP contribution in [-0.4, -0.2) is 62.5 Å². The van der Waals surface area contributed by atoms with Gasteiger partial charge in [-0.2, -0.15) is 0 Å². The summed E-state index contributed by atoms with van der Waals surface area (Å²) in [5.41, 5.74) is 0. The van der Waals surface area contributed by atoms with E-state index in [1.54, 1.807) is 0 Å². The number of carboxylic acid groups (broad SMARTS) is 2. The fraction of sp³-hybridized carbons (Fsp3) is 0. The number of hydrogen-bond donors (Lipinski definition) is 2. The zero-order chi connectivity index (χ0) is 3.58. The van der Waals surface area contributed by atoms with Crippen LogP contribution in [0.4, 0.5) is 4.79 Å². The van der Waals surface area contributed by atoms with E-state index in [4.69, 9.17) is 15.0 Å². The number of rotatable bonds is 0. The van der Waals surface area contributed by atoms with Gasteiger partial charge in [-0.1, -0.05) is 0 Å². The van der Waals surface area contributed by atoms with Gasteiger partial charge in [0.1, 0.15) is 0 Å². The van der Waals surface area contributed by atoms with Crippen LogP contribution in [0.2, 0.25) is 0 Å². The van der Waals surface area contributed by atoms with Crippen molar-refractivity contribution >= 4 is 52.3 Å². The van der Waals surface area contributed by atoms with E-state index >= 15 is 0 Å². The molecule has 0 aliphatic carbocycles. The van der Waals surface area contributed by atoms with Gasteiger partial charge in [0.2, 0.25) is 0 Å². The van der Waals surface area contributed by atoms with Crippen molar-refractivity contribution in [1.29, 1.82) is 0 Å². The van der Waals surface area contributed by atoms with Gasteiger partial charge in [0.25, 0.3) is 0 Å². The first kappa shape index (κ1) is 16.0. The summed E-state index contributed by atoms with van der Waals surface area (Å²) in [4.78, 5) is 8.56. The average Bonchev–Trinajstić information content (AvgIpc) is 0.811.